The summed E-state index contributed by atoms with van der Waals surface area (Å²) < 4.78 is -0.169. The van der Waals surface area contributed by atoms with Crippen LogP contribution in [0.1, 0.15) is 20.8 Å². The number of amides is 2. The zero-order valence-electron chi connectivity index (χ0n) is 7.37. The molecule has 0 aromatic carbocycles. The molecule has 1 aliphatic rings. The van der Waals surface area contributed by atoms with Crippen LogP contribution in [0.3, 0.4) is 0 Å². The molecule has 1 heterocycles. The number of carbonyl (C=O) groups excluding carboxylic acids is 2. The molecule has 68 valence electrons. The van der Waals surface area contributed by atoms with E-state index in [1.165, 1.54) is 4.90 Å². The molecule has 0 saturated carbocycles. The van der Waals surface area contributed by atoms with Crippen LogP contribution >= 0.6 is 22.6 Å². The van der Waals surface area contributed by atoms with Crippen LogP contribution in [-0.4, -0.2) is 26.7 Å². The minimum absolute atomic E-state index is 0.00721. The predicted molar refractivity (Wildman–Crippen MR) is 54.0 cm³/mol. The van der Waals surface area contributed by atoms with Crippen molar-refractivity contribution in [2.24, 2.45) is 5.92 Å². The quantitative estimate of drug-likeness (QED) is 0.411. The van der Waals surface area contributed by atoms with Crippen molar-refractivity contribution in [3.63, 3.8) is 0 Å². The van der Waals surface area contributed by atoms with Crippen LogP contribution in [0.4, 0.5) is 0 Å². The van der Waals surface area contributed by atoms with Crippen molar-refractivity contribution in [3.05, 3.63) is 0 Å². The summed E-state index contributed by atoms with van der Waals surface area (Å²) in [5.74, 6) is -0.224. The van der Waals surface area contributed by atoms with Gasteiger partial charge in [0, 0.05) is 6.04 Å². The molecule has 1 aliphatic heterocycles. The van der Waals surface area contributed by atoms with Crippen LogP contribution in [0, 0.1) is 5.92 Å². The predicted octanol–water partition coefficient (Wildman–Crippen LogP) is 1.20. The summed E-state index contributed by atoms with van der Waals surface area (Å²) in [6, 6.07) is -0.00721. The van der Waals surface area contributed by atoms with Gasteiger partial charge in [0.1, 0.15) is 3.92 Å². The molecular weight excluding hydrogens is 269 g/mol. The van der Waals surface area contributed by atoms with Crippen molar-refractivity contribution in [2.45, 2.75) is 30.7 Å². The third-order valence-electron chi connectivity index (χ3n) is 2.06. The lowest BCUT2D eigenvalue weighted by atomic mass is 10.1. The fourth-order valence-corrected chi connectivity index (χ4v) is 1.92. The maximum atomic E-state index is 11.5. The van der Waals surface area contributed by atoms with Gasteiger partial charge in [0.15, 0.2) is 0 Å². The molecule has 4 heteroatoms. The van der Waals surface area contributed by atoms with E-state index in [1.807, 2.05) is 36.4 Å². The molecule has 1 saturated heterocycles. The van der Waals surface area contributed by atoms with E-state index in [0.717, 1.165) is 0 Å². The minimum atomic E-state index is -0.169. The zero-order valence-corrected chi connectivity index (χ0v) is 9.53. The van der Waals surface area contributed by atoms with Crippen molar-refractivity contribution >= 4 is 34.4 Å². The van der Waals surface area contributed by atoms with Gasteiger partial charge in [0.25, 0.3) is 0 Å². The SMILES string of the molecule is CC1C(=O)N(C(C)C)C(=O)C1I. The monoisotopic (exact) mass is 281 g/mol. The van der Waals surface area contributed by atoms with Gasteiger partial charge in [0.2, 0.25) is 11.8 Å². The Morgan fingerprint density at radius 2 is 1.83 bits per heavy atom. The molecule has 12 heavy (non-hydrogen) atoms. The molecule has 0 spiro atoms. The highest BCUT2D eigenvalue weighted by molar-refractivity contribution is 14.1. The Morgan fingerprint density at radius 1 is 1.33 bits per heavy atom. The standard InChI is InChI=1S/C8H12INO2/c1-4(2)10-7(11)5(3)6(9)8(10)12/h4-6H,1-3H3. The summed E-state index contributed by atoms with van der Waals surface area (Å²) in [5, 5.41) is 0. The Kier molecular flexibility index (Phi) is 2.75. The summed E-state index contributed by atoms with van der Waals surface area (Å²) in [6.07, 6.45) is 0. The number of imide groups is 1. The first kappa shape index (κ1) is 9.95. The summed E-state index contributed by atoms with van der Waals surface area (Å²) in [4.78, 5) is 24.3. The van der Waals surface area contributed by atoms with E-state index in [0.29, 0.717) is 0 Å². The smallest absolute Gasteiger partial charge is 0.243 e. The van der Waals surface area contributed by atoms with Crippen LogP contribution < -0.4 is 0 Å². The zero-order chi connectivity index (χ0) is 9.46. The molecule has 3 nitrogen and oxygen atoms in total. The van der Waals surface area contributed by atoms with Crippen LogP contribution in [0.5, 0.6) is 0 Å². The average molecular weight is 281 g/mol. The molecule has 1 rings (SSSR count). The lowest BCUT2D eigenvalue weighted by Crippen LogP contribution is -2.37. The minimum Gasteiger partial charge on any atom is -0.279 e. The van der Waals surface area contributed by atoms with E-state index < -0.39 is 0 Å². The van der Waals surface area contributed by atoms with Gasteiger partial charge in [0.05, 0.1) is 5.92 Å². The van der Waals surface area contributed by atoms with Gasteiger partial charge in [-0.2, -0.15) is 0 Å². The van der Waals surface area contributed by atoms with Crippen LogP contribution in [0.15, 0.2) is 0 Å². The third kappa shape index (κ3) is 1.36. The highest BCUT2D eigenvalue weighted by atomic mass is 127. The summed E-state index contributed by atoms with van der Waals surface area (Å²) in [5.41, 5.74) is 0. The third-order valence-corrected chi connectivity index (χ3v) is 3.67. The van der Waals surface area contributed by atoms with Gasteiger partial charge >= 0.3 is 0 Å². The van der Waals surface area contributed by atoms with Crippen molar-refractivity contribution in [2.75, 3.05) is 0 Å². The second-order valence-corrected chi connectivity index (χ2v) is 4.67. The van der Waals surface area contributed by atoms with Crippen molar-refractivity contribution < 1.29 is 9.59 Å². The van der Waals surface area contributed by atoms with Gasteiger partial charge in [-0.1, -0.05) is 29.5 Å². The molecule has 1 fully saturated rings. The van der Waals surface area contributed by atoms with Crippen LogP contribution in [0.2, 0.25) is 0 Å². The molecule has 0 aliphatic carbocycles. The second kappa shape index (κ2) is 3.32. The van der Waals surface area contributed by atoms with Gasteiger partial charge in [-0.3, -0.25) is 14.5 Å². The number of alkyl halides is 1. The topological polar surface area (TPSA) is 37.4 Å². The molecule has 2 atom stereocenters. The molecule has 0 bridgehead atoms. The molecule has 0 N–H and O–H groups in total. The molecular formula is C8H12INO2. The number of hydrogen-bond acceptors (Lipinski definition) is 2. The van der Waals surface area contributed by atoms with Crippen LogP contribution in [-0.2, 0) is 9.59 Å². The second-order valence-electron chi connectivity index (χ2n) is 3.33. The Balaban J connectivity index is 2.91. The van der Waals surface area contributed by atoms with Crippen LogP contribution in [0.25, 0.3) is 0 Å². The fraction of sp³-hybridized carbons (Fsp3) is 0.750. The van der Waals surface area contributed by atoms with E-state index in [9.17, 15) is 9.59 Å². The number of hydrogen-bond donors (Lipinski definition) is 0. The molecule has 0 aromatic heterocycles. The largest absolute Gasteiger partial charge is 0.279 e. The average Bonchev–Trinajstić information content (AvgIpc) is 2.16. The van der Waals surface area contributed by atoms with E-state index in [4.69, 9.17) is 0 Å². The number of likely N-dealkylation sites (tertiary alicyclic amines) is 1. The van der Waals surface area contributed by atoms with Crippen molar-refractivity contribution in [1.29, 1.82) is 0 Å². The molecule has 0 radical (unpaired) electrons. The molecule has 0 aromatic rings. The number of nitrogens with zero attached hydrogens (tertiary/aromatic N) is 1. The number of halogens is 1. The lowest BCUT2D eigenvalue weighted by Gasteiger charge is -2.18. The van der Waals surface area contributed by atoms with Gasteiger partial charge < -0.3 is 0 Å². The van der Waals surface area contributed by atoms with E-state index in [1.54, 1.807) is 6.92 Å². The van der Waals surface area contributed by atoms with E-state index >= 15 is 0 Å². The maximum Gasteiger partial charge on any atom is 0.243 e. The normalized spacial score (nSPS) is 30.6. The Morgan fingerprint density at radius 3 is 2.00 bits per heavy atom. The van der Waals surface area contributed by atoms with Crippen molar-refractivity contribution in [1.82, 2.24) is 4.90 Å². The van der Waals surface area contributed by atoms with E-state index in [-0.39, 0.29) is 27.7 Å². The maximum absolute atomic E-state index is 11.5. The van der Waals surface area contributed by atoms with Gasteiger partial charge in [-0.15, -0.1) is 0 Å². The summed E-state index contributed by atoms with van der Waals surface area (Å²) in [7, 11) is 0. The Labute approximate surface area is 85.6 Å². The first-order valence-corrected chi connectivity index (χ1v) is 5.22. The van der Waals surface area contributed by atoms with E-state index in [2.05, 4.69) is 0 Å². The number of carbonyl (C=O) groups is 2. The highest BCUT2D eigenvalue weighted by Crippen LogP contribution is 2.27. The Hall–Kier alpha value is -0.130. The number of rotatable bonds is 1. The first-order chi connectivity index (χ1) is 5.46. The van der Waals surface area contributed by atoms with Crippen molar-refractivity contribution in [3.8, 4) is 0 Å². The molecule has 2 amide bonds. The van der Waals surface area contributed by atoms with Gasteiger partial charge in [-0.25, -0.2) is 0 Å². The molecule has 2 unspecified atom stereocenters. The highest BCUT2D eigenvalue weighted by Gasteiger charge is 2.44. The first-order valence-electron chi connectivity index (χ1n) is 3.97. The lowest BCUT2D eigenvalue weighted by molar-refractivity contribution is -0.141. The Bertz CT molecular complexity index is 207. The fourth-order valence-electron chi connectivity index (χ4n) is 1.31. The van der Waals surface area contributed by atoms with Gasteiger partial charge in [-0.05, 0) is 13.8 Å². The summed E-state index contributed by atoms with van der Waals surface area (Å²) >= 11 is 2.04. The summed E-state index contributed by atoms with van der Waals surface area (Å²) in [6.45, 7) is 5.52.